The summed E-state index contributed by atoms with van der Waals surface area (Å²) in [5.74, 6) is 0.128. The Balaban J connectivity index is 1.50. The average Bonchev–Trinajstić information content (AvgIpc) is 3.20. The Morgan fingerprint density at radius 3 is 2.48 bits per heavy atom. The smallest absolute Gasteiger partial charge is 0.264 e. The molecule has 0 radical (unpaired) electrons. The van der Waals surface area contributed by atoms with Gasteiger partial charge in [0.1, 0.15) is 6.10 Å². The number of nitrogens with zero attached hydrogens (tertiary/aromatic N) is 2. The van der Waals surface area contributed by atoms with E-state index in [0.29, 0.717) is 6.54 Å². The van der Waals surface area contributed by atoms with Crippen LogP contribution < -0.4 is 0 Å². The maximum atomic E-state index is 12.2. The van der Waals surface area contributed by atoms with Crippen molar-refractivity contribution >= 4 is 28.6 Å². The summed E-state index contributed by atoms with van der Waals surface area (Å²) in [6.45, 7) is 3.74. The van der Waals surface area contributed by atoms with Crippen LogP contribution in [0, 0.1) is 0 Å². The second-order valence-corrected chi connectivity index (χ2v) is 7.03. The Labute approximate surface area is 132 Å². The monoisotopic (exact) mass is 322 g/mol. The first-order chi connectivity index (χ1) is 10.2. The van der Waals surface area contributed by atoms with Crippen LogP contribution >= 0.6 is 22.7 Å². The van der Waals surface area contributed by atoms with Gasteiger partial charge in [-0.3, -0.25) is 9.69 Å². The number of amides is 1. The summed E-state index contributed by atoms with van der Waals surface area (Å²) in [6, 6.07) is 7.71. The summed E-state index contributed by atoms with van der Waals surface area (Å²) in [4.78, 5) is 18.2. The first kappa shape index (κ1) is 14.7. The minimum Gasteiger partial charge on any atom is -0.386 e. The third-order valence-corrected chi connectivity index (χ3v) is 5.53. The number of carbonyl (C=O) groups is 1. The summed E-state index contributed by atoms with van der Waals surface area (Å²) in [5, 5.41) is 14.1. The van der Waals surface area contributed by atoms with Crippen LogP contribution in [-0.2, 0) is 0 Å². The zero-order valence-electron chi connectivity index (χ0n) is 11.6. The zero-order valence-corrected chi connectivity index (χ0v) is 13.3. The van der Waals surface area contributed by atoms with Crippen LogP contribution in [0.25, 0.3) is 0 Å². The zero-order chi connectivity index (χ0) is 14.7. The van der Waals surface area contributed by atoms with Crippen LogP contribution in [0.3, 0.4) is 0 Å². The molecule has 1 aliphatic heterocycles. The van der Waals surface area contributed by atoms with Gasteiger partial charge >= 0.3 is 0 Å². The number of thiophene rings is 2. The van der Waals surface area contributed by atoms with Crippen LogP contribution in [0.15, 0.2) is 35.0 Å². The molecule has 1 amide bonds. The van der Waals surface area contributed by atoms with Gasteiger partial charge in [-0.2, -0.15) is 0 Å². The number of rotatable bonds is 4. The van der Waals surface area contributed by atoms with Gasteiger partial charge in [-0.15, -0.1) is 22.7 Å². The van der Waals surface area contributed by atoms with Crippen molar-refractivity contribution in [2.45, 2.75) is 6.10 Å². The Kier molecular flexibility index (Phi) is 4.70. The lowest BCUT2D eigenvalue weighted by molar-refractivity contribution is 0.0536. The van der Waals surface area contributed by atoms with Gasteiger partial charge in [0.15, 0.2) is 0 Å². The van der Waals surface area contributed by atoms with Crippen LogP contribution in [0.5, 0.6) is 0 Å². The minimum atomic E-state index is -0.426. The minimum absolute atomic E-state index is 0.128. The van der Waals surface area contributed by atoms with Crippen LogP contribution in [0.1, 0.15) is 20.7 Å². The molecule has 1 aliphatic rings. The van der Waals surface area contributed by atoms with Gasteiger partial charge in [0.05, 0.1) is 4.88 Å². The Morgan fingerprint density at radius 2 is 1.86 bits per heavy atom. The molecule has 2 aromatic rings. The molecule has 2 aromatic heterocycles. The third kappa shape index (κ3) is 3.52. The van der Waals surface area contributed by atoms with Gasteiger partial charge in [-0.1, -0.05) is 12.1 Å². The molecule has 0 spiro atoms. The van der Waals surface area contributed by atoms with E-state index in [-0.39, 0.29) is 5.91 Å². The molecular formula is C15H18N2O2S2. The van der Waals surface area contributed by atoms with Crippen molar-refractivity contribution < 1.29 is 9.90 Å². The summed E-state index contributed by atoms with van der Waals surface area (Å²) in [7, 11) is 0. The lowest BCUT2D eigenvalue weighted by atomic mass is 10.2. The Bertz CT molecular complexity index is 561. The van der Waals surface area contributed by atoms with Gasteiger partial charge in [-0.05, 0) is 22.9 Å². The molecule has 4 nitrogen and oxygen atoms in total. The predicted octanol–water partition coefficient (Wildman–Crippen LogP) is 2.30. The van der Waals surface area contributed by atoms with E-state index >= 15 is 0 Å². The lowest BCUT2D eigenvalue weighted by Gasteiger charge is -2.35. The normalized spacial score (nSPS) is 17.9. The summed E-state index contributed by atoms with van der Waals surface area (Å²) in [6.07, 6.45) is -0.426. The van der Waals surface area contributed by atoms with Gasteiger partial charge in [0.25, 0.3) is 5.91 Å². The molecule has 6 heteroatoms. The molecule has 1 saturated heterocycles. The maximum Gasteiger partial charge on any atom is 0.264 e. The molecule has 3 heterocycles. The highest BCUT2D eigenvalue weighted by atomic mass is 32.1. The molecule has 0 bridgehead atoms. The number of aliphatic hydroxyl groups excluding tert-OH is 1. The molecular weight excluding hydrogens is 304 g/mol. The molecule has 21 heavy (non-hydrogen) atoms. The highest BCUT2D eigenvalue weighted by molar-refractivity contribution is 7.12. The molecule has 0 aliphatic carbocycles. The van der Waals surface area contributed by atoms with Gasteiger partial charge in [0, 0.05) is 37.6 Å². The molecule has 0 saturated carbocycles. The fraction of sp³-hybridized carbons (Fsp3) is 0.400. The van der Waals surface area contributed by atoms with Crippen molar-refractivity contribution in [2.75, 3.05) is 32.7 Å². The number of piperazine rings is 1. The van der Waals surface area contributed by atoms with E-state index in [4.69, 9.17) is 0 Å². The molecule has 112 valence electrons. The second-order valence-electron chi connectivity index (χ2n) is 5.10. The molecule has 1 atom stereocenters. The van der Waals surface area contributed by atoms with Gasteiger partial charge < -0.3 is 10.0 Å². The topological polar surface area (TPSA) is 43.8 Å². The number of hydrogen-bond donors (Lipinski definition) is 1. The van der Waals surface area contributed by atoms with Crippen molar-refractivity contribution in [1.29, 1.82) is 0 Å². The van der Waals surface area contributed by atoms with Crippen molar-refractivity contribution in [3.05, 3.63) is 44.8 Å². The van der Waals surface area contributed by atoms with E-state index in [1.807, 2.05) is 39.9 Å². The van der Waals surface area contributed by atoms with E-state index in [1.165, 1.54) is 11.3 Å². The van der Waals surface area contributed by atoms with Crippen molar-refractivity contribution in [2.24, 2.45) is 0 Å². The second kappa shape index (κ2) is 6.70. The number of carbonyl (C=O) groups excluding carboxylic acids is 1. The van der Waals surface area contributed by atoms with Crippen molar-refractivity contribution in [3.63, 3.8) is 0 Å². The highest BCUT2D eigenvalue weighted by Crippen LogP contribution is 2.20. The highest BCUT2D eigenvalue weighted by Gasteiger charge is 2.24. The van der Waals surface area contributed by atoms with Crippen LogP contribution in [-0.4, -0.2) is 53.5 Å². The fourth-order valence-corrected chi connectivity index (χ4v) is 3.90. The average molecular weight is 322 g/mol. The summed E-state index contributed by atoms with van der Waals surface area (Å²) < 4.78 is 0. The Hall–Kier alpha value is -1.21. The first-order valence-electron chi connectivity index (χ1n) is 7.00. The molecule has 0 unspecified atom stereocenters. The van der Waals surface area contributed by atoms with Crippen LogP contribution in [0.2, 0.25) is 0 Å². The molecule has 0 aromatic carbocycles. The Morgan fingerprint density at radius 1 is 1.14 bits per heavy atom. The van der Waals surface area contributed by atoms with E-state index in [9.17, 15) is 9.90 Å². The summed E-state index contributed by atoms with van der Waals surface area (Å²) in [5.41, 5.74) is 0. The summed E-state index contributed by atoms with van der Waals surface area (Å²) >= 11 is 3.07. The van der Waals surface area contributed by atoms with Crippen molar-refractivity contribution in [1.82, 2.24) is 9.80 Å². The van der Waals surface area contributed by atoms with Crippen molar-refractivity contribution in [3.8, 4) is 0 Å². The van der Waals surface area contributed by atoms with Gasteiger partial charge in [0.2, 0.25) is 0 Å². The van der Waals surface area contributed by atoms with E-state index in [1.54, 1.807) is 11.3 Å². The van der Waals surface area contributed by atoms with E-state index in [0.717, 1.165) is 35.9 Å². The predicted molar refractivity (Wildman–Crippen MR) is 85.9 cm³/mol. The third-order valence-electron chi connectivity index (χ3n) is 3.69. The van der Waals surface area contributed by atoms with Gasteiger partial charge in [-0.25, -0.2) is 0 Å². The largest absolute Gasteiger partial charge is 0.386 e. The molecule has 1 N–H and O–H groups in total. The molecule has 1 fully saturated rings. The first-order valence-corrected chi connectivity index (χ1v) is 8.76. The SMILES string of the molecule is O=C(c1cccs1)N1CCN(C[C@@H](O)c2cccs2)CC1. The van der Waals surface area contributed by atoms with E-state index < -0.39 is 6.10 Å². The number of aliphatic hydroxyl groups is 1. The number of hydrogen-bond acceptors (Lipinski definition) is 5. The quantitative estimate of drug-likeness (QED) is 0.939. The standard InChI is InChI=1S/C15H18N2O2S2/c18-12(13-3-1-9-20-13)11-16-5-7-17(8-6-16)15(19)14-4-2-10-21-14/h1-4,9-10,12,18H,5-8,11H2/t12-/m1/s1. The van der Waals surface area contributed by atoms with Crippen LogP contribution in [0.4, 0.5) is 0 Å². The lowest BCUT2D eigenvalue weighted by Crippen LogP contribution is -2.49. The molecule has 3 rings (SSSR count). The van der Waals surface area contributed by atoms with E-state index in [2.05, 4.69) is 4.90 Å². The maximum absolute atomic E-state index is 12.2. The number of β-amino-alcohol motifs (C(OH)–C–C–N with tert-alkyl or cyclic N) is 1. The fourth-order valence-electron chi connectivity index (χ4n) is 2.51.